The zero-order chi connectivity index (χ0) is 24.9. The Morgan fingerprint density at radius 1 is 0.781 bits per heavy atom. The molecule has 0 aliphatic heterocycles. The van der Waals surface area contributed by atoms with Crippen LogP contribution >= 0.6 is 0 Å². The molecule has 32 heavy (non-hydrogen) atoms. The predicted octanol–water partition coefficient (Wildman–Crippen LogP) is 7.90. The van der Waals surface area contributed by atoms with Gasteiger partial charge in [-0.15, -0.1) is 0 Å². The molecule has 0 aromatic heterocycles. The number of aliphatic carboxylic acids is 1. The molecule has 1 N–H and O–H groups in total. The second-order valence-corrected chi connectivity index (χ2v) is 8.19. The first-order chi connectivity index (χ1) is 15.0. The molecular weight excluding hydrogens is 400 g/mol. The van der Waals surface area contributed by atoms with E-state index in [1.807, 2.05) is 19.1 Å². The van der Waals surface area contributed by atoms with E-state index in [-0.39, 0.29) is 5.97 Å². The van der Waals surface area contributed by atoms with Crippen LogP contribution in [0.15, 0.2) is 70.4 Å². The van der Waals surface area contributed by atoms with E-state index in [1.165, 1.54) is 28.4 Å². The Morgan fingerprint density at radius 2 is 1.28 bits per heavy atom. The van der Waals surface area contributed by atoms with Crippen molar-refractivity contribution in [1.82, 2.24) is 0 Å². The van der Waals surface area contributed by atoms with Gasteiger partial charge >= 0.3 is 11.9 Å². The minimum atomic E-state index is -0.823. The molecule has 4 heteroatoms. The van der Waals surface area contributed by atoms with Gasteiger partial charge in [0, 0.05) is 11.6 Å². The summed E-state index contributed by atoms with van der Waals surface area (Å²) in [5.41, 5.74) is 5.63. The minimum Gasteiger partial charge on any atom is -0.478 e. The number of carbonyl (C=O) groups is 2. The van der Waals surface area contributed by atoms with E-state index in [9.17, 15) is 9.59 Å². The molecule has 0 aromatic rings. The number of carboxylic acids is 1. The molecule has 0 fully saturated rings. The maximum Gasteiger partial charge on any atom is 0.331 e. The fourth-order valence-corrected chi connectivity index (χ4v) is 2.44. The summed E-state index contributed by atoms with van der Waals surface area (Å²) in [6.45, 7) is 16.4. The van der Waals surface area contributed by atoms with Gasteiger partial charge in [-0.1, -0.05) is 52.7 Å². The first kappa shape index (κ1) is 31.6. The van der Waals surface area contributed by atoms with Crippen LogP contribution in [0.1, 0.15) is 87.5 Å². The molecular formula is C28H44O4. The van der Waals surface area contributed by atoms with Crippen molar-refractivity contribution >= 4 is 11.9 Å². The number of carboxylic acid groups (broad SMARTS) is 1. The summed E-state index contributed by atoms with van der Waals surface area (Å²) in [6.07, 6.45) is 17.7. The molecule has 0 rings (SSSR count). The zero-order valence-corrected chi connectivity index (χ0v) is 21.5. The van der Waals surface area contributed by atoms with Crippen molar-refractivity contribution in [2.24, 2.45) is 0 Å². The number of esters is 1. The van der Waals surface area contributed by atoms with Crippen LogP contribution < -0.4 is 0 Å². The van der Waals surface area contributed by atoms with Crippen molar-refractivity contribution in [3.8, 4) is 0 Å². The lowest BCUT2D eigenvalue weighted by atomic mass is 10.1. The van der Waals surface area contributed by atoms with Crippen molar-refractivity contribution in [2.45, 2.75) is 87.5 Å². The third-order valence-corrected chi connectivity index (χ3v) is 4.44. The van der Waals surface area contributed by atoms with Crippen molar-refractivity contribution in [2.75, 3.05) is 6.61 Å². The standard InChI is InChI=1S/2C14H22O2/c1-5-13(14(15)16)10-9-12(4)8-6-7-11(2)3;1-5-7-14(15)16-11-10-13(4)9-6-8-12(2)3/h5,7,9H,6,8,10H2,1-4H3,(H,15,16);5,7-8,10H,6,9,11H2,1-4H3/b12-9?,13-5+;7-5+,13-10+. The second-order valence-electron chi connectivity index (χ2n) is 8.19. The maximum atomic E-state index is 11.0. The Hall–Kier alpha value is -2.62. The van der Waals surface area contributed by atoms with Crippen LogP contribution in [0.4, 0.5) is 0 Å². The van der Waals surface area contributed by atoms with E-state index in [4.69, 9.17) is 9.84 Å². The summed E-state index contributed by atoms with van der Waals surface area (Å²) in [6, 6.07) is 0. The highest BCUT2D eigenvalue weighted by atomic mass is 16.5. The summed E-state index contributed by atoms with van der Waals surface area (Å²) in [7, 11) is 0. The van der Waals surface area contributed by atoms with Crippen LogP contribution in [-0.4, -0.2) is 23.7 Å². The molecule has 0 saturated heterocycles. The van der Waals surface area contributed by atoms with Crippen LogP contribution in [-0.2, 0) is 14.3 Å². The Bertz CT molecular complexity index is 733. The molecule has 0 bridgehead atoms. The van der Waals surface area contributed by atoms with Crippen molar-refractivity contribution in [3.05, 3.63) is 70.4 Å². The van der Waals surface area contributed by atoms with Crippen LogP contribution in [0, 0.1) is 0 Å². The second kappa shape index (κ2) is 20.3. The molecule has 0 aliphatic rings. The molecule has 0 unspecified atom stereocenters. The van der Waals surface area contributed by atoms with E-state index in [1.54, 1.807) is 26.0 Å². The number of ether oxygens (including phenoxy) is 1. The molecule has 180 valence electrons. The fourth-order valence-electron chi connectivity index (χ4n) is 2.44. The van der Waals surface area contributed by atoms with Crippen LogP contribution in [0.3, 0.4) is 0 Å². The van der Waals surface area contributed by atoms with Gasteiger partial charge in [0.05, 0.1) is 0 Å². The topological polar surface area (TPSA) is 63.6 Å². The van der Waals surface area contributed by atoms with Crippen LogP contribution in [0.2, 0.25) is 0 Å². The average molecular weight is 445 g/mol. The lowest BCUT2D eigenvalue weighted by Crippen LogP contribution is -2.00. The summed E-state index contributed by atoms with van der Waals surface area (Å²) in [5.74, 6) is -1.10. The van der Waals surface area contributed by atoms with Crippen LogP contribution in [0.5, 0.6) is 0 Å². The van der Waals surface area contributed by atoms with Gasteiger partial charge in [-0.25, -0.2) is 9.59 Å². The Balaban J connectivity index is 0. The number of allylic oxidation sites excluding steroid dienone is 9. The number of hydrogen-bond donors (Lipinski definition) is 1. The van der Waals surface area contributed by atoms with E-state index in [0.29, 0.717) is 18.6 Å². The van der Waals surface area contributed by atoms with Gasteiger partial charge in [0.25, 0.3) is 0 Å². The molecule has 0 heterocycles. The van der Waals surface area contributed by atoms with Crippen molar-refractivity contribution in [3.63, 3.8) is 0 Å². The van der Waals surface area contributed by atoms with Gasteiger partial charge in [0.15, 0.2) is 0 Å². The largest absolute Gasteiger partial charge is 0.478 e. The van der Waals surface area contributed by atoms with Gasteiger partial charge in [-0.2, -0.15) is 0 Å². The highest BCUT2D eigenvalue weighted by Gasteiger charge is 2.03. The quantitative estimate of drug-likeness (QED) is 0.189. The lowest BCUT2D eigenvalue weighted by molar-refractivity contribution is -0.136. The summed E-state index contributed by atoms with van der Waals surface area (Å²) in [5, 5.41) is 8.83. The molecule has 0 aromatic carbocycles. The first-order valence-corrected chi connectivity index (χ1v) is 11.3. The summed E-state index contributed by atoms with van der Waals surface area (Å²) < 4.78 is 4.96. The normalized spacial score (nSPS) is 12.1. The highest BCUT2D eigenvalue weighted by Crippen LogP contribution is 2.11. The number of carbonyl (C=O) groups excluding carboxylic acids is 1. The minimum absolute atomic E-state index is 0.282. The van der Waals surface area contributed by atoms with Gasteiger partial charge in [0.2, 0.25) is 0 Å². The molecule has 0 spiro atoms. The number of hydrogen-bond acceptors (Lipinski definition) is 3. The predicted molar refractivity (Wildman–Crippen MR) is 137 cm³/mol. The van der Waals surface area contributed by atoms with Crippen LogP contribution in [0.25, 0.3) is 0 Å². The smallest absolute Gasteiger partial charge is 0.331 e. The number of rotatable bonds is 12. The molecule has 4 nitrogen and oxygen atoms in total. The van der Waals surface area contributed by atoms with Gasteiger partial charge in [-0.3, -0.25) is 0 Å². The molecule has 0 atom stereocenters. The SMILES string of the molecule is C/C=C(\CC=C(C)CCC=C(C)C)C(=O)O.C/C=C/C(=O)OC/C=C(\C)CCC=C(C)C. The maximum absolute atomic E-state index is 11.0. The molecule has 0 saturated carbocycles. The third-order valence-electron chi connectivity index (χ3n) is 4.44. The zero-order valence-electron chi connectivity index (χ0n) is 21.5. The highest BCUT2D eigenvalue weighted by molar-refractivity contribution is 5.86. The average Bonchev–Trinajstić information content (AvgIpc) is 2.68. The van der Waals surface area contributed by atoms with Gasteiger partial charge in [-0.05, 0) is 93.6 Å². The monoisotopic (exact) mass is 444 g/mol. The Labute approximate surface area is 196 Å². The summed E-state index contributed by atoms with van der Waals surface area (Å²) in [4.78, 5) is 21.7. The Morgan fingerprint density at radius 3 is 1.69 bits per heavy atom. The molecule has 0 amide bonds. The fraction of sp³-hybridized carbons (Fsp3) is 0.500. The van der Waals surface area contributed by atoms with Crippen molar-refractivity contribution in [1.29, 1.82) is 0 Å². The summed E-state index contributed by atoms with van der Waals surface area (Å²) >= 11 is 0. The Kier molecular flexibility index (Phi) is 20.0. The van der Waals surface area contributed by atoms with Crippen molar-refractivity contribution < 1.29 is 19.4 Å². The third kappa shape index (κ3) is 22.1. The lowest BCUT2D eigenvalue weighted by Gasteiger charge is -2.00. The van der Waals surface area contributed by atoms with Gasteiger partial charge in [0.1, 0.15) is 6.61 Å². The van der Waals surface area contributed by atoms with E-state index in [2.05, 4.69) is 46.8 Å². The van der Waals surface area contributed by atoms with E-state index >= 15 is 0 Å². The molecule has 0 aliphatic carbocycles. The molecule has 0 radical (unpaired) electrons. The van der Waals surface area contributed by atoms with E-state index in [0.717, 1.165) is 25.7 Å². The van der Waals surface area contributed by atoms with Gasteiger partial charge < -0.3 is 9.84 Å². The van der Waals surface area contributed by atoms with E-state index < -0.39 is 5.97 Å². The first-order valence-electron chi connectivity index (χ1n) is 11.3.